The van der Waals surface area contributed by atoms with Crippen LogP contribution in [0.15, 0.2) is 54.6 Å². The molecule has 1 atom stereocenters. The molecule has 0 saturated carbocycles. The third kappa shape index (κ3) is 2.48. The fraction of sp³-hybridized carbons (Fsp3) is 0.176. The Morgan fingerprint density at radius 1 is 1.05 bits per heavy atom. The van der Waals surface area contributed by atoms with Gasteiger partial charge < -0.3 is 4.74 Å². The molecule has 0 N–H and O–H groups in total. The van der Waals surface area contributed by atoms with Gasteiger partial charge in [-0.3, -0.25) is 4.79 Å². The Balaban J connectivity index is 1.75. The molecule has 2 aromatic carbocycles. The number of rotatable bonds is 3. The largest absolute Gasteiger partial charge is 0.458 e. The monoisotopic (exact) mass is 266 g/mol. The molecular weight excluding hydrogens is 252 g/mol. The van der Waals surface area contributed by atoms with Crippen molar-refractivity contribution in [1.29, 1.82) is 0 Å². The van der Waals surface area contributed by atoms with Gasteiger partial charge in [-0.2, -0.15) is 0 Å². The number of ether oxygens (including phenoxy) is 1. The van der Waals surface area contributed by atoms with Crippen LogP contribution in [0.5, 0.6) is 0 Å². The molecule has 1 aliphatic rings. The standard InChI is InChI=1S/C17H14O3/c18-16(12-6-2-1-3-7-12)11-14-10-13-8-4-5-9-15(13)17(19)20-14/h1-9,14H,10-11H2/t14-/m0/s1. The van der Waals surface area contributed by atoms with Crippen molar-refractivity contribution in [1.82, 2.24) is 0 Å². The van der Waals surface area contributed by atoms with Crippen molar-refractivity contribution >= 4 is 11.8 Å². The number of fused-ring (bicyclic) bond motifs is 1. The van der Waals surface area contributed by atoms with Crippen molar-refractivity contribution in [3.05, 3.63) is 71.3 Å². The minimum absolute atomic E-state index is 0.00258. The van der Waals surface area contributed by atoms with Gasteiger partial charge in [0.05, 0.1) is 5.56 Å². The molecule has 0 fully saturated rings. The summed E-state index contributed by atoms with van der Waals surface area (Å²) in [4.78, 5) is 24.0. The molecule has 3 nitrogen and oxygen atoms in total. The lowest BCUT2D eigenvalue weighted by Gasteiger charge is -2.24. The van der Waals surface area contributed by atoms with Gasteiger partial charge in [-0.25, -0.2) is 4.79 Å². The quantitative estimate of drug-likeness (QED) is 0.633. The van der Waals surface area contributed by atoms with Gasteiger partial charge >= 0.3 is 5.97 Å². The van der Waals surface area contributed by atoms with Crippen LogP contribution in [-0.2, 0) is 11.2 Å². The summed E-state index contributed by atoms with van der Waals surface area (Å²) in [6.45, 7) is 0. The fourth-order valence-corrected chi connectivity index (χ4v) is 2.46. The van der Waals surface area contributed by atoms with Gasteiger partial charge in [-0.1, -0.05) is 48.5 Å². The maximum Gasteiger partial charge on any atom is 0.338 e. The number of hydrogen-bond acceptors (Lipinski definition) is 3. The highest BCUT2D eigenvalue weighted by atomic mass is 16.5. The molecule has 0 saturated heterocycles. The van der Waals surface area contributed by atoms with Crippen molar-refractivity contribution < 1.29 is 14.3 Å². The number of carbonyl (C=O) groups is 2. The summed E-state index contributed by atoms with van der Waals surface area (Å²) in [6, 6.07) is 16.5. The number of Topliss-reactive ketones (excluding diaryl/α,β-unsaturated/α-hetero) is 1. The molecule has 0 radical (unpaired) electrons. The smallest absolute Gasteiger partial charge is 0.338 e. The second kappa shape index (κ2) is 5.29. The van der Waals surface area contributed by atoms with E-state index in [1.807, 2.05) is 36.4 Å². The third-order valence-corrected chi connectivity index (χ3v) is 3.47. The summed E-state index contributed by atoms with van der Waals surface area (Å²) in [7, 11) is 0. The average Bonchev–Trinajstić information content (AvgIpc) is 2.48. The van der Waals surface area contributed by atoms with E-state index in [1.165, 1.54) is 0 Å². The van der Waals surface area contributed by atoms with Crippen LogP contribution >= 0.6 is 0 Å². The Kier molecular flexibility index (Phi) is 3.33. The Bertz CT molecular complexity index is 646. The summed E-state index contributed by atoms with van der Waals surface area (Å²) in [5.74, 6) is -0.333. The van der Waals surface area contributed by atoms with Gasteiger partial charge in [0.25, 0.3) is 0 Å². The summed E-state index contributed by atoms with van der Waals surface area (Å²) in [5, 5.41) is 0. The number of cyclic esters (lactones) is 1. The van der Waals surface area contributed by atoms with E-state index < -0.39 is 0 Å². The molecule has 2 aromatic rings. The maximum atomic E-state index is 12.1. The summed E-state index contributed by atoms with van der Waals surface area (Å²) < 4.78 is 5.35. The number of benzene rings is 2. The first-order valence-corrected chi connectivity index (χ1v) is 6.61. The third-order valence-electron chi connectivity index (χ3n) is 3.47. The first-order chi connectivity index (χ1) is 9.74. The Morgan fingerprint density at radius 2 is 1.75 bits per heavy atom. The van der Waals surface area contributed by atoms with Crippen molar-refractivity contribution in [3.63, 3.8) is 0 Å². The minimum atomic E-state index is -0.370. The van der Waals surface area contributed by atoms with E-state index in [9.17, 15) is 9.59 Å². The lowest BCUT2D eigenvalue weighted by atomic mass is 9.95. The Morgan fingerprint density at radius 3 is 2.55 bits per heavy atom. The van der Waals surface area contributed by atoms with Crippen molar-refractivity contribution in [2.75, 3.05) is 0 Å². The van der Waals surface area contributed by atoms with E-state index in [0.29, 0.717) is 17.5 Å². The lowest BCUT2D eigenvalue weighted by molar-refractivity contribution is 0.0243. The molecule has 3 rings (SSSR count). The summed E-state index contributed by atoms with van der Waals surface area (Å²) in [5.41, 5.74) is 2.22. The number of ketones is 1. The van der Waals surface area contributed by atoms with Crippen molar-refractivity contribution in [2.24, 2.45) is 0 Å². The molecular formula is C17H14O3. The van der Waals surface area contributed by atoms with Gasteiger partial charge in [0.1, 0.15) is 6.10 Å². The normalized spacial score (nSPS) is 17.2. The van der Waals surface area contributed by atoms with Gasteiger partial charge in [-0.15, -0.1) is 0 Å². The van der Waals surface area contributed by atoms with Gasteiger partial charge in [0.15, 0.2) is 5.78 Å². The molecule has 20 heavy (non-hydrogen) atoms. The van der Waals surface area contributed by atoms with E-state index in [1.54, 1.807) is 18.2 Å². The minimum Gasteiger partial charge on any atom is -0.458 e. The van der Waals surface area contributed by atoms with Gasteiger partial charge in [0, 0.05) is 18.4 Å². The van der Waals surface area contributed by atoms with Crippen LogP contribution in [0.1, 0.15) is 32.7 Å². The molecule has 100 valence electrons. The average molecular weight is 266 g/mol. The zero-order valence-corrected chi connectivity index (χ0v) is 10.9. The molecule has 3 heteroatoms. The highest BCUT2D eigenvalue weighted by Crippen LogP contribution is 2.23. The number of carbonyl (C=O) groups excluding carboxylic acids is 2. The molecule has 0 bridgehead atoms. The van der Waals surface area contributed by atoms with E-state index in [-0.39, 0.29) is 24.3 Å². The van der Waals surface area contributed by atoms with Crippen LogP contribution in [0.2, 0.25) is 0 Å². The molecule has 0 spiro atoms. The Labute approximate surface area is 117 Å². The van der Waals surface area contributed by atoms with Crippen LogP contribution in [0.4, 0.5) is 0 Å². The molecule has 0 aromatic heterocycles. The van der Waals surface area contributed by atoms with Crippen molar-refractivity contribution in [3.8, 4) is 0 Å². The number of hydrogen-bond donors (Lipinski definition) is 0. The Hall–Kier alpha value is -2.42. The first kappa shape index (κ1) is 12.6. The van der Waals surface area contributed by atoms with E-state index in [2.05, 4.69) is 0 Å². The van der Waals surface area contributed by atoms with E-state index >= 15 is 0 Å². The molecule has 1 aliphatic heterocycles. The van der Waals surface area contributed by atoms with Crippen LogP contribution in [0.3, 0.4) is 0 Å². The summed E-state index contributed by atoms with van der Waals surface area (Å²) >= 11 is 0. The second-order valence-corrected chi connectivity index (χ2v) is 4.88. The molecule has 0 aliphatic carbocycles. The second-order valence-electron chi connectivity index (χ2n) is 4.88. The lowest BCUT2D eigenvalue weighted by Crippen LogP contribution is -2.29. The molecule has 0 unspecified atom stereocenters. The number of esters is 1. The highest BCUT2D eigenvalue weighted by Gasteiger charge is 2.27. The SMILES string of the molecule is O=C(C[C@@H]1Cc2ccccc2C(=O)O1)c1ccccc1. The maximum absolute atomic E-state index is 12.1. The topological polar surface area (TPSA) is 43.4 Å². The van der Waals surface area contributed by atoms with E-state index in [4.69, 9.17) is 4.74 Å². The predicted octanol–water partition coefficient (Wildman–Crippen LogP) is 3.04. The van der Waals surface area contributed by atoms with E-state index in [0.717, 1.165) is 5.56 Å². The first-order valence-electron chi connectivity index (χ1n) is 6.61. The molecule has 1 heterocycles. The van der Waals surface area contributed by atoms with Crippen LogP contribution < -0.4 is 0 Å². The zero-order valence-electron chi connectivity index (χ0n) is 10.9. The zero-order chi connectivity index (χ0) is 13.9. The summed E-state index contributed by atoms with van der Waals surface area (Å²) in [6.07, 6.45) is 0.454. The van der Waals surface area contributed by atoms with Crippen LogP contribution in [-0.4, -0.2) is 17.9 Å². The predicted molar refractivity (Wildman–Crippen MR) is 74.7 cm³/mol. The van der Waals surface area contributed by atoms with Crippen LogP contribution in [0, 0.1) is 0 Å². The van der Waals surface area contributed by atoms with Crippen LogP contribution in [0.25, 0.3) is 0 Å². The van der Waals surface area contributed by atoms with Crippen molar-refractivity contribution in [2.45, 2.75) is 18.9 Å². The highest BCUT2D eigenvalue weighted by molar-refractivity contribution is 5.97. The van der Waals surface area contributed by atoms with Gasteiger partial charge in [-0.05, 0) is 11.6 Å². The molecule has 0 amide bonds. The fourth-order valence-electron chi connectivity index (χ4n) is 2.46. The van der Waals surface area contributed by atoms with Gasteiger partial charge in [0.2, 0.25) is 0 Å².